The molecule has 0 spiro atoms. The van der Waals surface area contributed by atoms with Crippen LogP contribution >= 0.6 is 11.3 Å². The molecule has 6 nitrogen and oxygen atoms in total. The first-order chi connectivity index (χ1) is 13.0. The molecule has 1 saturated heterocycles. The number of alkyl halides is 3. The van der Waals surface area contributed by atoms with Crippen LogP contribution in [0.1, 0.15) is 11.3 Å². The number of sulfone groups is 1. The van der Waals surface area contributed by atoms with Gasteiger partial charge in [-0.15, -0.1) is 24.5 Å². The molecular weight excluding hydrogens is 439 g/mol. The summed E-state index contributed by atoms with van der Waals surface area (Å²) in [5, 5.41) is 1.77. The standard InChI is InChI=1S/C16H16F3NO5S3/c17-16(18,19)25-13-3-5-15(6-4-13)28(23,24)20(10-14-2-1-8-26-14)12-7-9-27(21,22)11-12/h1-6,8,12H,7,9-11H2/t12-/m0/s1. The molecule has 1 aliphatic heterocycles. The first-order valence-corrected chi connectivity index (χ1v) is 12.2. The second-order valence-corrected chi connectivity index (χ2v) is 11.4. The molecule has 12 heteroatoms. The zero-order chi connectivity index (χ0) is 20.6. The van der Waals surface area contributed by atoms with Crippen LogP contribution in [-0.4, -0.2) is 45.1 Å². The zero-order valence-corrected chi connectivity index (χ0v) is 16.7. The van der Waals surface area contributed by atoms with Crippen molar-refractivity contribution in [2.24, 2.45) is 0 Å². The maximum Gasteiger partial charge on any atom is 0.573 e. The van der Waals surface area contributed by atoms with Gasteiger partial charge < -0.3 is 4.74 Å². The molecule has 0 amide bonds. The Labute approximate surface area is 164 Å². The van der Waals surface area contributed by atoms with Gasteiger partial charge in [-0.1, -0.05) is 6.07 Å². The van der Waals surface area contributed by atoms with E-state index in [0.29, 0.717) is 0 Å². The van der Waals surface area contributed by atoms with Crippen molar-refractivity contribution in [1.82, 2.24) is 4.31 Å². The summed E-state index contributed by atoms with van der Waals surface area (Å²) >= 11 is 1.33. The van der Waals surface area contributed by atoms with Crippen molar-refractivity contribution in [2.75, 3.05) is 11.5 Å². The molecule has 28 heavy (non-hydrogen) atoms. The molecule has 0 aliphatic carbocycles. The summed E-state index contributed by atoms with van der Waals surface area (Å²) in [4.78, 5) is 0.493. The average molecular weight is 456 g/mol. The van der Waals surface area contributed by atoms with Crippen LogP contribution in [0.25, 0.3) is 0 Å². The topological polar surface area (TPSA) is 80.8 Å². The van der Waals surface area contributed by atoms with Crippen molar-refractivity contribution in [2.45, 2.75) is 30.3 Å². The zero-order valence-electron chi connectivity index (χ0n) is 14.3. The number of sulfonamides is 1. The van der Waals surface area contributed by atoms with Gasteiger partial charge in [0.2, 0.25) is 10.0 Å². The lowest BCUT2D eigenvalue weighted by Crippen LogP contribution is -2.40. The van der Waals surface area contributed by atoms with Gasteiger partial charge in [-0.25, -0.2) is 16.8 Å². The van der Waals surface area contributed by atoms with Crippen LogP contribution in [0.5, 0.6) is 5.75 Å². The first kappa shape index (κ1) is 21.1. The predicted molar refractivity (Wildman–Crippen MR) is 97.2 cm³/mol. The van der Waals surface area contributed by atoms with Crippen molar-refractivity contribution >= 4 is 31.2 Å². The highest BCUT2D eigenvalue weighted by Gasteiger charge is 2.39. The van der Waals surface area contributed by atoms with E-state index >= 15 is 0 Å². The number of benzene rings is 1. The lowest BCUT2D eigenvalue weighted by atomic mass is 10.2. The number of rotatable bonds is 6. The summed E-state index contributed by atoms with van der Waals surface area (Å²) in [6, 6.07) is 6.60. The van der Waals surface area contributed by atoms with E-state index in [9.17, 15) is 30.0 Å². The Hall–Kier alpha value is -1.63. The largest absolute Gasteiger partial charge is 0.573 e. The minimum atomic E-state index is -4.89. The molecule has 0 bridgehead atoms. The fourth-order valence-corrected chi connectivity index (χ4v) is 7.16. The van der Waals surface area contributed by atoms with E-state index in [-0.39, 0.29) is 29.4 Å². The number of hydrogen-bond acceptors (Lipinski definition) is 6. The minimum absolute atomic E-state index is 0.0129. The number of halogens is 3. The number of thiophene rings is 1. The van der Waals surface area contributed by atoms with E-state index in [2.05, 4.69) is 4.74 Å². The maximum absolute atomic E-state index is 13.1. The van der Waals surface area contributed by atoms with Crippen molar-refractivity contribution in [3.63, 3.8) is 0 Å². The van der Waals surface area contributed by atoms with E-state index in [4.69, 9.17) is 0 Å². The minimum Gasteiger partial charge on any atom is -0.406 e. The van der Waals surface area contributed by atoms with Gasteiger partial charge in [-0.2, -0.15) is 4.31 Å². The van der Waals surface area contributed by atoms with Crippen LogP contribution in [0.2, 0.25) is 0 Å². The molecular formula is C16H16F3NO5S3. The van der Waals surface area contributed by atoms with Crippen molar-refractivity contribution < 1.29 is 34.7 Å². The summed E-state index contributed by atoms with van der Waals surface area (Å²) in [5.41, 5.74) is 0. The summed E-state index contributed by atoms with van der Waals surface area (Å²) in [6.45, 7) is -0.0129. The second kappa shape index (κ2) is 7.65. The third-order valence-corrected chi connectivity index (χ3v) is 8.70. The average Bonchev–Trinajstić information content (AvgIpc) is 3.20. The van der Waals surface area contributed by atoms with Gasteiger partial charge in [0, 0.05) is 17.5 Å². The van der Waals surface area contributed by atoms with Gasteiger partial charge in [0.15, 0.2) is 9.84 Å². The maximum atomic E-state index is 13.1. The van der Waals surface area contributed by atoms with Crippen molar-refractivity contribution in [3.05, 3.63) is 46.7 Å². The van der Waals surface area contributed by atoms with Gasteiger partial charge >= 0.3 is 6.36 Å². The molecule has 2 heterocycles. The first-order valence-electron chi connectivity index (χ1n) is 8.07. The van der Waals surface area contributed by atoms with E-state index in [1.807, 2.05) is 0 Å². The van der Waals surface area contributed by atoms with Crippen LogP contribution in [-0.2, 0) is 26.4 Å². The summed E-state index contributed by atoms with van der Waals surface area (Å²) in [6.07, 6.45) is -4.72. The summed E-state index contributed by atoms with van der Waals surface area (Å²) in [7, 11) is -7.47. The molecule has 0 saturated carbocycles. The Kier molecular flexibility index (Phi) is 5.76. The van der Waals surface area contributed by atoms with Crippen LogP contribution in [0.3, 0.4) is 0 Å². The molecule has 1 aromatic carbocycles. The Morgan fingerprint density at radius 1 is 1.18 bits per heavy atom. The molecule has 0 unspecified atom stereocenters. The molecule has 2 aromatic rings. The molecule has 1 fully saturated rings. The van der Waals surface area contributed by atoms with Crippen LogP contribution in [0.4, 0.5) is 13.2 Å². The Balaban J connectivity index is 1.91. The van der Waals surface area contributed by atoms with E-state index in [0.717, 1.165) is 33.4 Å². The molecule has 1 atom stereocenters. The Morgan fingerprint density at radius 2 is 1.86 bits per heavy atom. The molecule has 0 N–H and O–H groups in total. The number of hydrogen-bond donors (Lipinski definition) is 0. The highest BCUT2D eigenvalue weighted by molar-refractivity contribution is 7.92. The number of nitrogens with zero attached hydrogens (tertiary/aromatic N) is 1. The Bertz CT molecular complexity index is 1020. The van der Waals surface area contributed by atoms with Crippen molar-refractivity contribution in [1.29, 1.82) is 0 Å². The molecule has 0 radical (unpaired) electrons. The smallest absolute Gasteiger partial charge is 0.406 e. The summed E-state index contributed by atoms with van der Waals surface area (Å²) in [5.74, 6) is -0.931. The molecule has 3 rings (SSSR count). The molecule has 154 valence electrons. The van der Waals surface area contributed by atoms with Crippen LogP contribution in [0, 0.1) is 0 Å². The van der Waals surface area contributed by atoms with Crippen LogP contribution < -0.4 is 4.74 Å². The lowest BCUT2D eigenvalue weighted by Gasteiger charge is -2.27. The predicted octanol–water partition coefficient (Wildman–Crippen LogP) is 3.02. The van der Waals surface area contributed by atoms with E-state index in [1.165, 1.54) is 11.3 Å². The third-order valence-electron chi connectivity index (χ3n) is 4.17. The van der Waals surface area contributed by atoms with Crippen molar-refractivity contribution in [3.8, 4) is 5.75 Å². The Morgan fingerprint density at radius 3 is 2.36 bits per heavy atom. The fraction of sp³-hybridized carbons (Fsp3) is 0.375. The normalized spacial score (nSPS) is 19.8. The second-order valence-electron chi connectivity index (χ2n) is 6.21. The van der Waals surface area contributed by atoms with Gasteiger partial charge in [-0.3, -0.25) is 0 Å². The fourth-order valence-electron chi connectivity index (χ4n) is 2.92. The number of ether oxygens (including phenoxy) is 1. The SMILES string of the molecule is O=S1(=O)CC[C@H](N(Cc2cccs2)S(=O)(=O)c2ccc(OC(F)(F)F)cc2)C1. The highest BCUT2D eigenvalue weighted by Crippen LogP contribution is 2.30. The van der Waals surface area contributed by atoms with Crippen LogP contribution in [0.15, 0.2) is 46.7 Å². The third kappa shape index (κ3) is 5.04. The van der Waals surface area contributed by atoms with E-state index in [1.54, 1.807) is 17.5 Å². The lowest BCUT2D eigenvalue weighted by molar-refractivity contribution is -0.274. The molecule has 1 aliphatic rings. The van der Waals surface area contributed by atoms with Gasteiger partial charge in [0.1, 0.15) is 5.75 Å². The van der Waals surface area contributed by atoms with E-state index < -0.39 is 38.0 Å². The summed E-state index contributed by atoms with van der Waals surface area (Å²) < 4.78 is 91.7. The quantitative estimate of drug-likeness (QED) is 0.669. The van der Waals surface area contributed by atoms with Gasteiger partial charge in [0.25, 0.3) is 0 Å². The van der Waals surface area contributed by atoms with Gasteiger partial charge in [0.05, 0.1) is 16.4 Å². The van der Waals surface area contributed by atoms with Gasteiger partial charge in [-0.05, 0) is 42.1 Å². The highest BCUT2D eigenvalue weighted by atomic mass is 32.2. The molecule has 1 aromatic heterocycles. The monoisotopic (exact) mass is 455 g/mol.